The number of aromatic nitrogens is 1. The Balaban J connectivity index is 2.09. The van der Waals surface area contributed by atoms with Gasteiger partial charge in [-0.3, -0.25) is 10.1 Å². The summed E-state index contributed by atoms with van der Waals surface area (Å²) >= 11 is 0.978. The topological polar surface area (TPSA) is 128 Å². The molecule has 1 aromatic heterocycles. The highest BCUT2D eigenvalue weighted by atomic mass is 32.2. The minimum absolute atomic E-state index is 0.0899. The number of nitrogens with one attached hydrogen (secondary N) is 1. The summed E-state index contributed by atoms with van der Waals surface area (Å²) in [6.45, 7) is 1.93. The lowest BCUT2D eigenvalue weighted by Gasteiger charge is -2.03. The van der Waals surface area contributed by atoms with Crippen molar-refractivity contribution in [2.45, 2.75) is 11.8 Å². The monoisotopic (exact) mass is 355 g/mol. The molecule has 0 radical (unpaired) electrons. The Morgan fingerprint density at radius 3 is 2.52 bits per heavy atom. The van der Waals surface area contributed by atoms with Crippen LogP contribution in [-0.4, -0.2) is 31.9 Å². The second kappa shape index (κ2) is 6.86. The molecule has 0 saturated carbocycles. The average molecular weight is 355 g/mol. The molecule has 8 nitrogen and oxygen atoms in total. The molecule has 23 heavy (non-hydrogen) atoms. The fourth-order valence-corrected chi connectivity index (χ4v) is 2.81. The minimum atomic E-state index is -3.81. The van der Waals surface area contributed by atoms with Gasteiger partial charge in [-0.15, -0.1) is 0 Å². The number of amides is 1. The fourth-order valence-electron chi connectivity index (χ4n) is 1.59. The number of anilines is 1. The number of rotatable bonds is 5. The predicted molar refractivity (Wildman–Crippen MR) is 83.8 cm³/mol. The second-order valence-electron chi connectivity index (χ2n) is 4.27. The highest BCUT2D eigenvalue weighted by Gasteiger charge is 2.15. The molecule has 10 heteroatoms. The molecule has 1 heterocycles. The molecule has 0 saturated heterocycles. The lowest BCUT2D eigenvalue weighted by molar-refractivity contribution is 0.0531. The molecule has 0 atom stereocenters. The van der Waals surface area contributed by atoms with Crippen LogP contribution < -0.4 is 10.5 Å². The second-order valence-corrected chi connectivity index (χ2v) is 6.87. The smallest absolute Gasteiger partial charge is 0.350 e. The first-order valence-corrected chi connectivity index (χ1v) is 8.74. The summed E-state index contributed by atoms with van der Waals surface area (Å²) in [5.41, 5.74) is 0.227. The molecule has 0 aliphatic rings. The highest BCUT2D eigenvalue weighted by Crippen LogP contribution is 2.20. The first kappa shape index (κ1) is 17.1. The summed E-state index contributed by atoms with van der Waals surface area (Å²) in [7, 11) is -3.81. The quantitative estimate of drug-likeness (QED) is 0.776. The average Bonchev–Trinajstić information content (AvgIpc) is 2.95. The van der Waals surface area contributed by atoms with E-state index in [1.807, 2.05) is 0 Å². The maximum atomic E-state index is 12.0. The number of hydrogen-bond donors (Lipinski definition) is 2. The zero-order valence-corrected chi connectivity index (χ0v) is 13.6. The Hall–Kier alpha value is -2.30. The normalized spacial score (nSPS) is 11.0. The number of benzene rings is 1. The van der Waals surface area contributed by atoms with Gasteiger partial charge in [0.2, 0.25) is 10.0 Å². The third-order valence-electron chi connectivity index (χ3n) is 2.65. The Labute approximate surface area is 136 Å². The molecule has 1 amide bonds. The molecular weight excluding hydrogens is 342 g/mol. The van der Waals surface area contributed by atoms with Crippen LogP contribution in [0.3, 0.4) is 0 Å². The van der Waals surface area contributed by atoms with Crippen molar-refractivity contribution in [1.29, 1.82) is 0 Å². The SMILES string of the molecule is CCOC(=O)c1cnc(NC(=O)c2ccc(S(N)(=O)=O)cc2)s1. The molecule has 0 fully saturated rings. The lowest BCUT2D eigenvalue weighted by Crippen LogP contribution is -2.14. The van der Waals surface area contributed by atoms with Gasteiger partial charge in [0, 0.05) is 5.56 Å². The standard InChI is InChI=1S/C13H13N3O5S2/c1-2-21-12(18)10-7-15-13(22-10)16-11(17)8-3-5-9(6-4-8)23(14,19)20/h3-7H,2H2,1H3,(H2,14,19,20)(H,15,16,17). The molecule has 3 N–H and O–H groups in total. The van der Waals surface area contributed by atoms with Crippen LogP contribution in [-0.2, 0) is 14.8 Å². The van der Waals surface area contributed by atoms with Gasteiger partial charge in [-0.25, -0.2) is 23.3 Å². The molecule has 0 unspecified atom stereocenters. The first-order chi connectivity index (χ1) is 10.8. The van der Waals surface area contributed by atoms with E-state index in [0.717, 1.165) is 11.3 Å². The molecular formula is C13H13N3O5S2. The van der Waals surface area contributed by atoms with E-state index in [1.165, 1.54) is 30.5 Å². The summed E-state index contributed by atoms with van der Waals surface area (Å²) < 4.78 is 27.1. The Morgan fingerprint density at radius 1 is 1.30 bits per heavy atom. The molecule has 1 aromatic carbocycles. The predicted octanol–water partition coefficient (Wildman–Crippen LogP) is 1.22. The van der Waals surface area contributed by atoms with Gasteiger partial charge in [-0.2, -0.15) is 0 Å². The molecule has 0 spiro atoms. The van der Waals surface area contributed by atoms with E-state index in [9.17, 15) is 18.0 Å². The van der Waals surface area contributed by atoms with Gasteiger partial charge < -0.3 is 4.74 Å². The number of thiazole rings is 1. The van der Waals surface area contributed by atoms with Gasteiger partial charge >= 0.3 is 5.97 Å². The minimum Gasteiger partial charge on any atom is -0.462 e. The van der Waals surface area contributed by atoms with Crippen molar-refractivity contribution in [2.24, 2.45) is 5.14 Å². The van der Waals surface area contributed by atoms with Crippen LogP contribution >= 0.6 is 11.3 Å². The number of hydrogen-bond acceptors (Lipinski definition) is 7. The van der Waals surface area contributed by atoms with Crippen LogP contribution in [0.1, 0.15) is 27.0 Å². The Morgan fingerprint density at radius 2 is 1.96 bits per heavy atom. The third kappa shape index (κ3) is 4.34. The van der Waals surface area contributed by atoms with Gasteiger partial charge in [0.05, 0.1) is 17.7 Å². The fraction of sp³-hybridized carbons (Fsp3) is 0.154. The first-order valence-electron chi connectivity index (χ1n) is 6.38. The summed E-state index contributed by atoms with van der Waals surface area (Å²) in [5, 5.41) is 7.73. The number of sulfonamides is 1. The van der Waals surface area contributed by atoms with E-state index in [4.69, 9.17) is 9.88 Å². The van der Waals surface area contributed by atoms with Gasteiger partial charge in [0.25, 0.3) is 5.91 Å². The van der Waals surface area contributed by atoms with Gasteiger partial charge in [-0.1, -0.05) is 11.3 Å². The molecule has 0 aliphatic carbocycles. The summed E-state index contributed by atoms with van der Waals surface area (Å²) in [5.74, 6) is -1.00. The molecule has 122 valence electrons. The molecule has 2 rings (SSSR count). The number of carbonyl (C=O) groups is 2. The Kier molecular flexibility index (Phi) is 5.08. The number of carbonyl (C=O) groups excluding carboxylic acids is 2. The number of primary sulfonamides is 1. The maximum Gasteiger partial charge on any atom is 0.350 e. The highest BCUT2D eigenvalue weighted by molar-refractivity contribution is 7.89. The van der Waals surface area contributed by atoms with Crippen molar-refractivity contribution in [3.8, 4) is 0 Å². The zero-order valence-electron chi connectivity index (χ0n) is 12.0. The van der Waals surface area contributed by atoms with Crippen LogP contribution in [0.15, 0.2) is 35.4 Å². The van der Waals surface area contributed by atoms with E-state index in [1.54, 1.807) is 6.92 Å². The van der Waals surface area contributed by atoms with E-state index < -0.39 is 21.9 Å². The van der Waals surface area contributed by atoms with Gasteiger partial charge in [-0.05, 0) is 31.2 Å². The van der Waals surface area contributed by atoms with Crippen molar-refractivity contribution in [3.63, 3.8) is 0 Å². The van der Waals surface area contributed by atoms with Crippen molar-refractivity contribution in [3.05, 3.63) is 40.9 Å². The van der Waals surface area contributed by atoms with Crippen LogP contribution in [0.25, 0.3) is 0 Å². The van der Waals surface area contributed by atoms with E-state index in [-0.39, 0.29) is 27.1 Å². The Bertz CT molecular complexity index is 828. The van der Waals surface area contributed by atoms with Crippen LogP contribution in [0.2, 0.25) is 0 Å². The van der Waals surface area contributed by atoms with Crippen molar-refractivity contribution in [1.82, 2.24) is 4.98 Å². The van der Waals surface area contributed by atoms with E-state index >= 15 is 0 Å². The summed E-state index contributed by atoms with van der Waals surface area (Å²) in [6, 6.07) is 5.12. The number of nitrogens with zero attached hydrogens (tertiary/aromatic N) is 1. The van der Waals surface area contributed by atoms with Crippen LogP contribution in [0, 0.1) is 0 Å². The number of nitrogens with two attached hydrogens (primary N) is 1. The van der Waals surface area contributed by atoms with E-state index in [2.05, 4.69) is 10.3 Å². The maximum absolute atomic E-state index is 12.0. The largest absolute Gasteiger partial charge is 0.462 e. The van der Waals surface area contributed by atoms with E-state index in [0.29, 0.717) is 0 Å². The van der Waals surface area contributed by atoms with Gasteiger partial charge in [0.15, 0.2) is 5.13 Å². The summed E-state index contributed by atoms with van der Waals surface area (Å²) in [6.07, 6.45) is 1.31. The van der Waals surface area contributed by atoms with Gasteiger partial charge in [0.1, 0.15) is 4.88 Å². The van der Waals surface area contributed by atoms with Crippen LogP contribution in [0.5, 0.6) is 0 Å². The third-order valence-corrected chi connectivity index (χ3v) is 4.47. The zero-order chi connectivity index (χ0) is 17.0. The van der Waals surface area contributed by atoms with Crippen LogP contribution in [0.4, 0.5) is 5.13 Å². The summed E-state index contributed by atoms with van der Waals surface area (Å²) in [4.78, 5) is 27.6. The van der Waals surface area contributed by atoms with Crippen molar-refractivity contribution >= 4 is 38.4 Å². The molecule has 0 aliphatic heterocycles. The van der Waals surface area contributed by atoms with Crippen molar-refractivity contribution in [2.75, 3.05) is 11.9 Å². The molecule has 2 aromatic rings. The number of ether oxygens (including phenoxy) is 1. The lowest BCUT2D eigenvalue weighted by atomic mass is 10.2. The number of esters is 1. The van der Waals surface area contributed by atoms with Crippen molar-refractivity contribution < 1.29 is 22.7 Å². The molecule has 0 bridgehead atoms.